The first-order chi connectivity index (χ1) is 7.75. The molecule has 0 saturated carbocycles. The first kappa shape index (κ1) is 11.1. The summed E-state index contributed by atoms with van der Waals surface area (Å²) in [5.41, 5.74) is 6.25. The number of benzene rings is 1. The molecule has 86 valence electrons. The van der Waals surface area contributed by atoms with Gasteiger partial charge in [0.05, 0.1) is 12.2 Å². The number of halogens is 1. The number of nitrogens with one attached hydrogen (secondary N) is 1. The van der Waals surface area contributed by atoms with Crippen molar-refractivity contribution in [1.29, 1.82) is 0 Å². The minimum atomic E-state index is 0.508. The lowest BCUT2D eigenvalue weighted by Crippen LogP contribution is -2.29. The van der Waals surface area contributed by atoms with Crippen LogP contribution in [0.4, 0.5) is 5.69 Å². The molecule has 1 fully saturated rings. The molecular weight excluding hydrogens is 228 g/mol. The first-order valence-corrected chi connectivity index (χ1v) is 5.38. The predicted molar refractivity (Wildman–Crippen MR) is 63.4 cm³/mol. The number of ether oxygens (including phenoxy) is 2. The normalized spacial score (nSPS) is 18.2. The summed E-state index contributed by atoms with van der Waals surface area (Å²) in [4.78, 5) is 0. The third-order valence-electron chi connectivity index (χ3n) is 2.15. The van der Waals surface area contributed by atoms with Gasteiger partial charge in [0, 0.05) is 11.6 Å². The Labute approximate surface area is 99.0 Å². The second-order valence-corrected chi connectivity index (χ2v) is 3.85. The van der Waals surface area contributed by atoms with Crippen molar-refractivity contribution in [3.8, 4) is 5.75 Å². The summed E-state index contributed by atoms with van der Waals surface area (Å²) >= 11 is 5.78. The van der Waals surface area contributed by atoms with Gasteiger partial charge in [-0.3, -0.25) is 0 Å². The van der Waals surface area contributed by atoms with E-state index in [9.17, 15) is 0 Å². The van der Waals surface area contributed by atoms with Gasteiger partial charge in [-0.25, -0.2) is 0 Å². The molecule has 3 N–H and O–H groups in total. The minimum Gasteiger partial charge on any atom is -0.492 e. The van der Waals surface area contributed by atoms with Gasteiger partial charge in [0.25, 0.3) is 0 Å². The monoisotopic (exact) mass is 240 g/mol. The Morgan fingerprint density at radius 3 is 3.06 bits per heavy atom. The zero-order valence-corrected chi connectivity index (χ0v) is 9.46. The average Bonchev–Trinajstić information content (AvgIpc) is 2.29. The third-order valence-corrected chi connectivity index (χ3v) is 2.39. The molecule has 5 heteroatoms. The van der Waals surface area contributed by atoms with Crippen molar-refractivity contribution in [2.45, 2.75) is 0 Å². The minimum absolute atomic E-state index is 0.508. The van der Waals surface area contributed by atoms with E-state index in [4.69, 9.17) is 26.8 Å². The Kier molecular flexibility index (Phi) is 3.54. The summed E-state index contributed by atoms with van der Waals surface area (Å²) < 4.78 is 10.8. The molecule has 0 amide bonds. The molecule has 0 radical (unpaired) electrons. The summed E-state index contributed by atoms with van der Waals surface area (Å²) in [6, 6.07) is 5.10. The molecule has 1 aliphatic rings. The molecule has 0 spiro atoms. The van der Waals surface area contributed by atoms with E-state index in [1.165, 1.54) is 0 Å². The Hall–Kier alpha value is -1.39. The molecule has 0 bridgehead atoms. The van der Waals surface area contributed by atoms with E-state index in [0.717, 1.165) is 12.3 Å². The van der Waals surface area contributed by atoms with Gasteiger partial charge in [-0.15, -0.1) is 0 Å². The molecule has 0 unspecified atom stereocenters. The van der Waals surface area contributed by atoms with E-state index < -0.39 is 0 Å². The van der Waals surface area contributed by atoms with E-state index in [2.05, 4.69) is 5.32 Å². The van der Waals surface area contributed by atoms with Crippen LogP contribution >= 0.6 is 11.6 Å². The third kappa shape index (κ3) is 2.81. The zero-order chi connectivity index (χ0) is 11.4. The van der Waals surface area contributed by atoms with E-state index in [1.807, 2.05) is 0 Å². The molecule has 1 saturated heterocycles. The molecule has 1 aromatic rings. The maximum Gasteiger partial charge on any atom is 0.149 e. The van der Waals surface area contributed by atoms with Crippen LogP contribution in [0.3, 0.4) is 0 Å². The smallest absolute Gasteiger partial charge is 0.149 e. The number of morpholine rings is 1. The topological polar surface area (TPSA) is 56.5 Å². The van der Waals surface area contributed by atoms with Crippen LogP contribution in [0.1, 0.15) is 0 Å². The highest BCUT2D eigenvalue weighted by molar-refractivity contribution is 6.30. The van der Waals surface area contributed by atoms with Crippen molar-refractivity contribution in [2.24, 2.45) is 0 Å². The summed E-state index contributed by atoms with van der Waals surface area (Å²) in [6.45, 7) is 2.19. The van der Waals surface area contributed by atoms with E-state index in [0.29, 0.717) is 29.6 Å². The Bertz CT molecular complexity index is 399. The highest BCUT2D eigenvalue weighted by Gasteiger charge is 2.06. The highest BCUT2D eigenvalue weighted by atomic mass is 35.5. The first-order valence-electron chi connectivity index (χ1n) is 5.00. The molecule has 0 aliphatic carbocycles. The summed E-state index contributed by atoms with van der Waals surface area (Å²) in [7, 11) is 0. The van der Waals surface area contributed by atoms with Crippen molar-refractivity contribution in [3.05, 3.63) is 35.2 Å². The second-order valence-electron chi connectivity index (χ2n) is 3.41. The van der Waals surface area contributed by atoms with Gasteiger partial charge >= 0.3 is 0 Å². The van der Waals surface area contributed by atoms with Gasteiger partial charge in [0.2, 0.25) is 0 Å². The van der Waals surface area contributed by atoms with Crippen molar-refractivity contribution in [2.75, 3.05) is 25.4 Å². The Balaban J connectivity index is 2.03. The van der Waals surface area contributed by atoms with E-state index in [1.54, 1.807) is 24.5 Å². The van der Waals surface area contributed by atoms with Crippen LogP contribution in [-0.4, -0.2) is 19.7 Å². The van der Waals surface area contributed by atoms with Crippen molar-refractivity contribution < 1.29 is 9.47 Å². The van der Waals surface area contributed by atoms with E-state index >= 15 is 0 Å². The number of nitrogen functional groups attached to an aromatic ring is 1. The SMILES string of the molecule is Nc1cc(Cl)ccc1O/C=C1/CNCCO1. The van der Waals surface area contributed by atoms with Crippen LogP contribution in [-0.2, 0) is 4.74 Å². The van der Waals surface area contributed by atoms with Gasteiger partial charge in [-0.2, -0.15) is 0 Å². The lowest BCUT2D eigenvalue weighted by atomic mass is 10.3. The van der Waals surface area contributed by atoms with Gasteiger partial charge in [0.15, 0.2) is 0 Å². The molecule has 16 heavy (non-hydrogen) atoms. The number of hydrogen-bond acceptors (Lipinski definition) is 4. The number of rotatable bonds is 2. The maximum atomic E-state index is 5.78. The predicted octanol–water partition coefficient (Wildman–Crippen LogP) is 1.76. The standard InChI is InChI=1S/C11H13ClN2O2/c12-8-1-2-11(10(13)5-8)16-7-9-6-14-3-4-15-9/h1-2,5,7,14H,3-4,6,13H2/b9-7-. The van der Waals surface area contributed by atoms with Gasteiger partial charge in [-0.1, -0.05) is 11.6 Å². The molecule has 0 aromatic heterocycles. The number of nitrogens with two attached hydrogens (primary N) is 1. The van der Waals surface area contributed by atoms with Crippen LogP contribution in [0.2, 0.25) is 5.02 Å². The Morgan fingerprint density at radius 1 is 1.50 bits per heavy atom. The van der Waals surface area contributed by atoms with Gasteiger partial charge in [0.1, 0.15) is 24.4 Å². The van der Waals surface area contributed by atoms with Gasteiger partial charge in [-0.05, 0) is 18.2 Å². The lowest BCUT2D eigenvalue weighted by Gasteiger charge is -2.17. The highest BCUT2D eigenvalue weighted by Crippen LogP contribution is 2.25. The van der Waals surface area contributed by atoms with E-state index in [-0.39, 0.29) is 0 Å². The van der Waals surface area contributed by atoms with Crippen LogP contribution in [0.25, 0.3) is 0 Å². The summed E-state index contributed by atoms with van der Waals surface area (Å²) in [5, 5.41) is 3.76. The second kappa shape index (κ2) is 5.09. The summed E-state index contributed by atoms with van der Waals surface area (Å²) in [5.74, 6) is 1.34. The number of hydrogen-bond donors (Lipinski definition) is 2. The van der Waals surface area contributed by atoms with Crippen molar-refractivity contribution in [1.82, 2.24) is 5.32 Å². The molecule has 1 heterocycles. The van der Waals surface area contributed by atoms with Gasteiger partial charge < -0.3 is 20.5 Å². The van der Waals surface area contributed by atoms with Crippen LogP contribution < -0.4 is 15.8 Å². The molecular formula is C11H13ClN2O2. The van der Waals surface area contributed by atoms with Crippen LogP contribution in [0, 0.1) is 0 Å². The molecule has 1 aliphatic heterocycles. The molecule has 1 aromatic carbocycles. The average molecular weight is 241 g/mol. The van der Waals surface area contributed by atoms with Crippen LogP contribution in [0.5, 0.6) is 5.75 Å². The summed E-state index contributed by atoms with van der Waals surface area (Å²) in [6.07, 6.45) is 1.56. The largest absolute Gasteiger partial charge is 0.492 e. The number of anilines is 1. The fraction of sp³-hybridized carbons (Fsp3) is 0.273. The zero-order valence-electron chi connectivity index (χ0n) is 8.70. The molecule has 0 atom stereocenters. The fourth-order valence-corrected chi connectivity index (χ4v) is 1.53. The molecule has 2 rings (SSSR count). The maximum absolute atomic E-state index is 5.78. The van der Waals surface area contributed by atoms with Crippen molar-refractivity contribution in [3.63, 3.8) is 0 Å². The van der Waals surface area contributed by atoms with Crippen molar-refractivity contribution >= 4 is 17.3 Å². The Morgan fingerprint density at radius 2 is 2.38 bits per heavy atom. The molecule has 4 nitrogen and oxygen atoms in total. The lowest BCUT2D eigenvalue weighted by molar-refractivity contribution is 0.168. The fourth-order valence-electron chi connectivity index (χ4n) is 1.35. The van der Waals surface area contributed by atoms with Crippen LogP contribution in [0.15, 0.2) is 30.2 Å². The quantitative estimate of drug-likeness (QED) is 0.611.